The van der Waals surface area contributed by atoms with Gasteiger partial charge in [0.25, 0.3) is 5.91 Å². The molecule has 0 bridgehead atoms. The maximum absolute atomic E-state index is 11.7. The molecule has 0 saturated carbocycles. The fourth-order valence-corrected chi connectivity index (χ4v) is 1.77. The Morgan fingerprint density at radius 2 is 2.00 bits per heavy atom. The first-order chi connectivity index (χ1) is 8.58. The summed E-state index contributed by atoms with van der Waals surface area (Å²) in [7, 11) is 0. The maximum atomic E-state index is 11.7. The summed E-state index contributed by atoms with van der Waals surface area (Å²) in [6.45, 7) is 9.16. The fraction of sp³-hybridized carbons (Fsp3) is 0.533. The summed E-state index contributed by atoms with van der Waals surface area (Å²) in [6.07, 6.45) is 1.14. The first kappa shape index (κ1) is 14.6. The highest BCUT2D eigenvalue weighted by molar-refractivity contribution is 5.95. The maximum Gasteiger partial charge on any atom is 0.251 e. The zero-order valence-electron chi connectivity index (χ0n) is 11.8. The summed E-state index contributed by atoms with van der Waals surface area (Å²) in [6, 6.07) is 8.06. The van der Waals surface area contributed by atoms with Crippen molar-refractivity contribution in [3.8, 4) is 0 Å². The van der Waals surface area contributed by atoms with Crippen LogP contribution in [-0.4, -0.2) is 18.5 Å². The van der Waals surface area contributed by atoms with E-state index in [-0.39, 0.29) is 5.91 Å². The van der Waals surface area contributed by atoms with E-state index in [0.717, 1.165) is 12.1 Å². The predicted molar refractivity (Wildman–Crippen MR) is 77.0 cm³/mol. The van der Waals surface area contributed by atoms with Crippen LogP contribution < -0.4 is 10.6 Å². The summed E-state index contributed by atoms with van der Waals surface area (Å²) < 4.78 is 0. The van der Waals surface area contributed by atoms with E-state index in [0.29, 0.717) is 24.1 Å². The Hall–Kier alpha value is -1.51. The molecule has 2 atom stereocenters. The van der Waals surface area contributed by atoms with E-state index in [1.807, 2.05) is 31.2 Å². The van der Waals surface area contributed by atoms with Crippen LogP contribution in [0.1, 0.15) is 44.5 Å². The number of anilines is 1. The van der Waals surface area contributed by atoms with E-state index in [4.69, 9.17) is 0 Å². The Kier molecular flexibility index (Phi) is 5.69. The Bertz CT molecular complexity index is 390. The summed E-state index contributed by atoms with van der Waals surface area (Å²) in [4.78, 5) is 11.7. The first-order valence-electron chi connectivity index (χ1n) is 6.73. The molecule has 1 amide bonds. The standard InChI is InChI=1S/C15H24N2O/c1-5-11(3)12(4)17-14-9-7-8-13(10-14)15(18)16-6-2/h7-12,17H,5-6H2,1-4H3,(H,16,18). The van der Waals surface area contributed by atoms with E-state index in [9.17, 15) is 4.79 Å². The number of hydrogen-bond acceptors (Lipinski definition) is 2. The average molecular weight is 248 g/mol. The third kappa shape index (κ3) is 4.06. The second kappa shape index (κ2) is 7.04. The van der Waals surface area contributed by atoms with Crippen LogP contribution in [0.3, 0.4) is 0 Å². The molecule has 0 spiro atoms. The lowest BCUT2D eigenvalue weighted by molar-refractivity contribution is 0.0956. The van der Waals surface area contributed by atoms with Crippen molar-refractivity contribution in [2.75, 3.05) is 11.9 Å². The lowest BCUT2D eigenvalue weighted by Gasteiger charge is -2.21. The molecule has 3 nitrogen and oxygen atoms in total. The van der Waals surface area contributed by atoms with Crippen LogP contribution in [0.15, 0.2) is 24.3 Å². The van der Waals surface area contributed by atoms with Gasteiger partial charge in [-0.05, 0) is 38.0 Å². The molecule has 0 aliphatic carbocycles. The highest BCUT2D eigenvalue weighted by Crippen LogP contribution is 2.16. The van der Waals surface area contributed by atoms with E-state index >= 15 is 0 Å². The molecular weight excluding hydrogens is 224 g/mol. The van der Waals surface area contributed by atoms with Crippen molar-refractivity contribution in [2.24, 2.45) is 5.92 Å². The molecule has 0 aliphatic rings. The van der Waals surface area contributed by atoms with Crippen molar-refractivity contribution >= 4 is 11.6 Å². The van der Waals surface area contributed by atoms with E-state index in [1.54, 1.807) is 0 Å². The van der Waals surface area contributed by atoms with Crippen molar-refractivity contribution in [1.29, 1.82) is 0 Å². The van der Waals surface area contributed by atoms with Gasteiger partial charge in [0.15, 0.2) is 0 Å². The van der Waals surface area contributed by atoms with Crippen LogP contribution in [0.2, 0.25) is 0 Å². The minimum atomic E-state index is -0.0163. The molecule has 0 heterocycles. The zero-order chi connectivity index (χ0) is 13.5. The van der Waals surface area contributed by atoms with Crippen LogP contribution in [0.5, 0.6) is 0 Å². The smallest absolute Gasteiger partial charge is 0.251 e. The lowest BCUT2D eigenvalue weighted by Crippen LogP contribution is -2.24. The van der Waals surface area contributed by atoms with Gasteiger partial charge in [0.1, 0.15) is 0 Å². The second-order valence-corrected chi connectivity index (χ2v) is 4.76. The van der Waals surface area contributed by atoms with Gasteiger partial charge in [-0.1, -0.05) is 26.3 Å². The summed E-state index contributed by atoms with van der Waals surface area (Å²) in [5, 5.41) is 6.26. The van der Waals surface area contributed by atoms with Gasteiger partial charge in [-0.2, -0.15) is 0 Å². The van der Waals surface area contributed by atoms with E-state index in [1.165, 1.54) is 0 Å². The van der Waals surface area contributed by atoms with Crippen molar-refractivity contribution < 1.29 is 4.79 Å². The highest BCUT2D eigenvalue weighted by atomic mass is 16.1. The number of carbonyl (C=O) groups is 1. The molecule has 0 fully saturated rings. The molecule has 18 heavy (non-hydrogen) atoms. The molecule has 0 aliphatic heterocycles. The van der Waals surface area contributed by atoms with Gasteiger partial charge < -0.3 is 10.6 Å². The molecule has 100 valence electrons. The quantitative estimate of drug-likeness (QED) is 0.811. The number of amides is 1. The van der Waals surface area contributed by atoms with Crippen molar-refractivity contribution in [3.05, 3.63) is 29.8 Å². The molecule has 0 radical (unpaired) electrons. The first-order valence-corrected chi connectivity index (χ1v) is 6.73. The molecule has 2 unspecified atom stereocenters. The Labute approximate surface area is 110 Å². The second-order valence-electron chi connectivity index (χ2n) is 4.76. The normalized spacial score (nSPS) is 13.8. The number of benzene rings is 1. The zero-order valence-corrected chi connectivity index (χ0v) is 11.8. The largest absolute Gasteiger partial charge is 0.382 e. The fourth-order valence-electron chi connectivity index (χ4n) is 1.77. The molecule has 1 aromatic rings. The number of hydrogen-bond donors (Lipinski definition) is 2. The average Bonchev–Trinajstić information content (AvgIpc) is 2.38. The van der Waals surface area contributed by atoms with Crippen LogP contribution in [0.25, 0.3) is 0 Å². The molecule has 2 N–H and O–H groups in total. The van der Waals surface area contributed by atoms with Gasteiger partial charge in [-0.25, -0.2) is 0 Å². The SMILES string of the molecule is CCNC(=O)c1cccc(NC(C)C(C)CC)c1. The molecule has 0 aromatic heterocycles. The van der Waals surface area contributed by atoms with E-state index < -0.39 is 0 Å². The van der Waals surface area contributed by atoms with Gasteiger partial charge in [0, 0.05) is 23.8 Å². The van der Waals surface area contributed by atoms with Crippen LogP contribution in [0, 0.1) is 5.92 Å². The molecule has 1 rings (SSSR count). The predicted octanol–water partition coefficient (Wildman–Crippen LogP) is 3.28. The van der Waals surface area contributed by atoms with Gasteiger partial charge in [-0.3, -0.25) is 4.79 Å². The van der Waals surface area contributed by atoms with Gasteiger partial charge in [0.2, 0.25) is 0 Å². The van der Waals surface area contributed by atoms with Gasteiger partial charge >= 0.3 is 0 Å². The Morgan fingerprint density at radius 3 is 2.61 bits per heavy atom. The van der Waals surface area contributed by atoms with Crippen LogP contribution in [-0.2, 0) is 0 Å². The number of carbonyl (C=O) groups excluding carboxylic acids is 1. The minimum absolute atomic E-state index is 0.0163. The third-order valence-corrected chi connectivity index (χ3v) is 3.35. The van der Waals surface area contributed by atoms with Crippen LogP contribution in [0.4, 0.5) is 5.69 Å². The summed E-state index contributed by atoms with van der Waals surface area (Å²) in [5.41, 5.74) is 1.71. The van der Waals surface area contributed by atoms with Gasteiger partial charge in [0.05, 0.1) is 0 Å². The monoisotopic (exact) mass is 248 g/mol. The Balaban J connectivity index is 2.73. The summed E-state index contributed by atoms with van der Waals surface area (Å²) >= 11 is 0. The lowest BCUT2D eigenvalue weighted by atomic mass is 10.0. The molecular formula is C15H24N2O. The molecule has 1 aromatic carbocycles. The molecule has 0 saturated heterocycles. The van der Waals surface area contributed by atoms with Crippen LogP contribution >= 0.6 is 0 Å². The topological polar surface area (TPSA) is 41.1 Å². The van der Waals surface area contributed by atoms with E-state index in [2.05, 4.69) is 31.4 Å². The van der Waals surface area contributed by atoms with Gasteiger partial charge in [-0.15, -0.1) is 0 Å². The number of nitrogens with one attached hydrogen (secondary N) is 2. The minimum Gasteiger partial charge on any atom is -0.382 e. The Morgan fingerprint density at radius 1 is 1.28 bits per heavy atom. The number of rotatable bonds is 6. The highest BCUT2D eigenvalue weighted by Gasteiger charge is 2.10. The van der Waals surface area contributed by atoms with Crippen molar-refractivity contribution in [1.82, 2.24) is 5.32 Å². The molecule has 3 heteroatoms. The van der Waals surface area contributed by atoms with Crippen molar-refractivity contribution in [3.63, 3.8) is 0 Å². The summed E-state index contributed by atoms with van der Waals surface area (Å²) in [5.74, 6) is 0.593. The third-order valence-electron chi connectivity index (χ3n) is 3.35. The van der Waals surface area contributed by atoms with Crippen molar-refractivity contribution in [2.45, 2.75) is 40.2 Å².